The van der Waals surface area contributed by atoms with E-state index in [1.165, 1.54) is 6.42 Å². The minimum atomic E-state index is -0.405. The van der Waals surface area contributed by atoms with E-state index in [0.29, 0.717) is 18.1 Å². The highest BCUT2D eigenvalue weighted by molar-refractivity contribution is 5.04. The van der Waals surface area contributed by atoms with E-state index in [4.69, 9.17) is 4.74 Å². The van der Waals surface area contributed by atoms with Gasteiger partial charge in [-0.3, -0.25) is 5.32 Å². The van der Waals surface area contributed by atoms with Crippen molar-refractivity contribution < 1.29 is 4.74 Å². The summed E-state index contributed by atoms with van der Waals surface area (Å²) in [6.07, 6.45) is 3.51. The van der Waals surface area contributed by atoms with Crippen LogP contribution in [0.5, 0.6) is 0 Å². The van der Waals surface area contributed by atoms with Crippen LogP contribution in [0.25, 0.3) is 0 Å². The summed E-state index contributed by atoms with van der Waals surface area (Å²) in [6.45, 7) is 11.7. The van der Waals surface area contributed by atoms with Crippen LogP contribution < -0.4 is 5.32 Å². The number of hydrogen-bond acceptors (Lipinski definition) is 4. The van der Waals surface area contributed by atoms with Crippen molar-refractivity contribution in [1.29, 1.82) is 5.26 Å². The lowest BCUT2D eigenvalue weighted by Crippen LogP contribution is -2.47. The number of nitrogens with one attached hydrogen (secondary N) is 1. The maximum absolute atomic E-state index is 9.34. The van der Waals surface area contributed by atoms with E-state index in [9.17, 15) is 5.26 Å². The Morgan fingerprint density at radius 1 is 1.50 bits per heavy atom. The van der Waals surface area contributed by atoms with Gasteiger partial charge in [0.25, 0.3) is 0 Å². The first kappa shape index (κ1) is 17.4. The minimum absolute atomic E-state index is 0.341. The van der Waals surface area contributed by atoms with Crippen molar-refractivity contribution in [2.24, 2.45) is 5.92 Å². The Morgan fingerprint density at radius 2 is 2.20 bits per heavy atom. The number of piperidine rings is 1. The van der Waals surface area contributed by atoms with Crippen molar-refractivity contribution in [1.82, 2.24) is 10.2 Å². The van der Waals surface area contributed by atoms with Gasteiger partial charge in [0.2, 0.25) is 0 Å². The summed E-state index contributed by atoms with van der Waals surface area (Å²) in [5, 5.41) is 12.7. The molecular weight excluding hydrogens is 250 g/mol. The second kappa shape index (κ2) is 7.97. The van der Waals surface area contributed by atoms with Gasteiger partial charge >= 0.3 is 0 Å². The molecule has 4 heteroatoms. The molecule has 0 bridgehead atoms. The number of nitrogens with zero attached hydrogens (tertiary/aromatic N) is 2. The van der Waals surface area contributed by atoms with E-state index < -0.39 is 5.54 Å². The summed E-state index contributed by atoms with van der Waals surface area (Å²) in [7, 11) is 1.81. The Bertz CT molecular complexity index is 326. The number of ether oxygens (including phenoxy) is 1. The molecule has 116 valence electrons. The van der Waals surface area contributed by atoms with Gasteiger partial charge in [-0.2, -0.15) is 5.26 Å². The van der Waals surface area contributed by atoms with Crippen molar-refractivity contribution in [2.75, 3.05) is 26.7 Å². The Hall–Kier alpha value is -0.630. The first-order chi connectivity index (χ1) is 9.40. The molecule has 1 N–H and O–H groups in total. The van der Waals surface area contributed by atoms with Crippen molar-refractivity contribution in [3.8, 4) is 6.07 Å². The lowest BCUT2D eigenvalue weighted by atomic mass is 9.94. The Balaban J connectivity index is 2.35. The van der Waals surface area contributed by atoms with Gasteiger partial charge in [0.05, 0.1) is 12.2 Å². The molecule has 0 aromatic rings. The first-order valence-electron chi connectivity index (χ1n) is 7.84. The number of hydrogen-bond donors (Lipinski definition) is 1. The van der Waals surface area contributed by atoms with E-state index in [-0.39, 0.29) is 0 Å². The molecule has 1 heterocycles. The molecule has 0 saturated carbocycles. The highest BCUT2D eigenvalue weighted by Gasteiger charge is 2.27. The molecule has 0 aromatic heterocycles. The quantitative estimate of drug-likeness (QED) is 0.778. The highest BCUT2D eigenvalue weighted by atomic mass is 16.5. The van der Waals surface area contributed by atoms with E-state index in [1.54, 1.807) is 0 Å². The van der Waals surface area contributed by atoms with Gasteiger partial charge in [-0.05, 0) is 59.0 Å². The van der Waals surface area contributed by atoms with Gasteiger partial charge in [0.1, 0.15) is 5.54 Å². The molecule has 0 aromatic carbocycles. The molecule has 1 fully saturated rings. The van der Waals surface area contributed by atoms with E-state index >= 15 is 0 Å². The summed E-state index contributed by atoms with van der Waals surface area (Å²) in [4.78, 5) is 2.47. The Kier molecular flexibility index (Phi) is 6.94. The van der Waals surface area contributed by atoms with Gasteiger partial charge in [-0.1, -0.05) is 6.92 Å². The van der Waals surface area contributed by atoms with Crippen LogP contribution in [0.15, 0.2) is 0 Å². The summed E-state index contributed by atoms with van der Waals surface area (Å²) >= 11 is 0. The van der Waals surface area contributed by atoms with Gasteiger partial charge in [0.15, 0.2) is 0 Å². The second-order valence-corrected chi connectivity index (χ2v) is 6.69. The number of methoxy groups -OCH3 is 1. The number of likely N-dealkylation sites (tertiary alicyclic amines) is 1. The third kappa shape index (κ3) is 5.40. The summed E-state index contributed by atoms with van der Waals surface area (Å²) in [5.41, 5.74) is -0.405. The largest absolute Gasteiger partial charge is 0.380 e. The molecular formula is C16H31N3O. The third-order valence-corrected chi connectivity index (χ3v) is 4.28. The maximum atomic E-state index is 9.34. The van der Waals surface area contributed by atoms with Crippen molar-refractivity contribution in [3.63, 3.8) is 0 Å². The molecule has 0 aliphatic carbocycles. The lowest BCUT2D eigenvalue weighted by molar-refractivity contribution is -0.00554. The van der Waals surface area contributed by atoms with E-state index in [1.807, 2.05) is 14.0 Å². The van der Waals surface area contributed by atoms with E-state index in [0.717, 1.165) is 32.5 Å². The Morgan fingerprint density at radius 3 is 2.75 bits per heavy atom. The average molecular weight is 281 g/mol. The molecule has 0 radical (unpaired) electrons. The zero-order valence-corrected chi connectivity index (χ0v) is 13.8. The fourth-order valence-electron chi connectivity index (χ4n) is 3.06. The predicted octanol–water partition coefficient (Wildman–Crippen LogP) is 2.40. The van der Waals surface area contributed by atoms with Crippen LogP contribution in [0, 0.1) is 17.2 Å². The fraction of sp³-hybridized carbons (Fsp3) is 0.938. The number of rotatable bonds is 7. The molecule has 1 aliphatic rings. The monoisotopic (exact) mass is 281 g/mol. The van der Waals surface area contributed by atoms with Crippen molar-refractivity contribution in [3.05, 3.63) is 0 Å². The standard InChI is InChI=1S/C16H31N3O/c1-13(2)18-16(4,12-17)8-6-9-19-10-7-14(3)15(11-19)20-5/h13-15,18H,6-11H2,1-5H3. The van der Waals surface area contributed by atoms with Crippen LogP contribution in [-0.2, 0) is 4.74 Å². The van der Waals surface area contributed by atoms with Crippen LogP contribution >= 0.6 is 0 Å². The van der Waals surface area contributed by atoms with Gasteiger partial charge in [-0.25, -0.2) is 0 Å². The van der Waals surface area contributed by atoms with Crippen molar-refractivity contribution in [2.45, 2.75) is 64.6 Å². The Labute approximate surface area is 124 Å². The van der Waals surface area contributed by atoms with Crippen LogP contribution in [0.3, 0.4) is 0 Å². The van der Waals surface area contributed by atoms with Crippen molar-refractivity contribution >= 4 is 0 Å². The zero-order chi connectivity index (χ0) is 15.2. The summed E-state index contributed by atoms with van der Waals surface area (Å²) < 4.78 is 5.55. The average Bonchev–Trinajstić information content (AvgIpc) is 2.40. The second-order valence-electron chi connectivity index (χ2n) is 6.69. The SMILES string of the molecule is COC1CN(CCCC(C)(C#N)NC(C)C)CCC1C. The predicted molar refractivity (Wildman–Crippen MR) is 82.5 cm³/mol. The lowest BCUT2D eigenvalue weighted by Gasteiger charge is -2.36. The highest BCUT2D eigenvalue weighted by Crippen LogP contribution is 2.20. The molecule has 0 spiro atoms. The number of nitriles is 1. The normalized spacial score (nSPS) is 27.2. The maximum Gasteiger partial charge on any atom is 0.104 e. The smallest absolute Gasteiger partial charge is 0.104 e. The van der Waals surface area contributed by atoms with Gasteiger partial charge < -0.3 is 9.64 Å². The molecule has 3 unspecified atom stereocenters. The van der Waals surface area contributed by atoms with Crippen LogP contribution in [0.2, 0.25) is 0 Å². The molecule has 4 nitrogen and oxygen atoms in total. The molecule has 1 aliphatic heterocycles. The van der Waals surface area contributed by atoms with Crippen LogP contribution in [0.4, 0.5) is 0 Å². The van der Waals surface area contributed by atoms with Gasteiger partial charge in [0, 0.05) is 19.7 Å². The summed E-state index contributed by atoms with van der Waals surface area (Å²) in [6, 6.07) is 2.76. The molecule has 1 rings (SSSR count). The fourth-order valence-corrected chi connectivity index (χ4v) is 3.06. The molecule has 20 heavy (non-hydrogen) atoms. The first-order valence-corrected chi connectivity index (χ1v) is 7.84. The van der Waals surface area contributed by atoms with E-state index in [2.05, 4.69) is 37.1 Å². The molecule has 0 amide bonds. The zero-order valence-electron chi connectivity index (χ0n) is 13.8. The third-order valence-electron chi connectivity index (χ3n) is 4.28. The van der Waals surface area contributed by atoms with Crippen LogP contribution in [-0.4, -0.2) is 49.3 Å². The molecule has 3 atom stereocenters. The van der Waals surface area contributed by atoms with Crippen LogP contribution in [0.1, 0.15) is 47.0 Å². The topological polar surface area (TPSA) is 48.3 Å². The molecule has 1 saturated heterocycles. The summed E-state index contributed by atoms with van der Waals surface area (Å²) in [5.74, 6) is 0.656. The van der Waals surface area contributed by atoms with Gasteiger partial charge in [-0.15, -0.1) is 0 Å². The minimum Gasteiger partial charge on any atom is -0.380 e.